The maximum atomic E-state index is 13.5. The van der Waals surface area contributed by atoms with Crippen LogP contribution in [0.15, 0.2) is 12.1 Å². The van der Waals surface area contributed by atoms with E-state index in [4.69, 9.17) is 28.3 Å². The molecule has 19 heavy (non-hydrogen) atoms. The third kappa shape index (κ3) is 4.06. The van der Waals surface area contributed by atoms with Gasteiger partial charge in [0.1, 0.15) is 5.82 Å². The fourth-order valence-corrected chi connectivity index (χ4v) is 2.50. The van der Waals surface area contributed by atoms with Crippen LogP contribution < -0.4 is 0 Å². The van der Waals surface area contributed by atoms with Crippen LogP contribution in [0.4, 0.5) is 4.39 Å². The summed E-state index contributed by atoms with van der Waals surface area (Å²) in [6.07, 6.45) is 0. The molecule has 0 aliphatic carbocycles. The molecule has 0 bridgehead atoms. The Morgan fingerprint density at radius 1 is 1.32 bits per heavy atom. The van der Waals surface area contributed by atoms with Gasteiger partial charge in [0.2, 0.25) is 0 Å². The number of hydrogen-bond donors (Lipinski definition) is 1. The zero-order valence-corrected chi connectivity index (χ0v) is 12.5. The summed E-state index contributed by atoms with van der Waals surface area (Å²) in [5, 5.41) is 9.21. The Bertz CT molecular complexity index is 480. The van der Waals surface area contributed by atoms with E-state index in [2.05, 4.69) is 0 Å². The van der Waals surface area contributed by atoms with E-state index < -0.39 is 11.8 Å². The summed E-state index contributed by atoms with van der Waals surface area (Å²) in [4.78, 5) is 12.6. The predicted octanol–water partition coefficient (Wildman–Crippen LogP) is 3.99. The topological polar surface area (TPSA) is 40.5 Å². The molecule has 0 saturated heterocycles. The van der Waals surface area contributed by atoms with Gasteiger partial charge in [-0.1, -0.05) is 23.2 Å². The van der Waals surface area contributed by atoms with Gasteiger partial charge in [-0.05, 0) is 38.5 Å². The first-order valence-corrected chi connectivity index (χ1v) is 6.61. The molecule has 0 spiro atoms. The Balaban J connectivity index is 3.12. The van der Waals surface area contributed by atoms with E-state index in [1.165, 1.54) is 12.1 Å². The van der Waals surface area contributed by atoms with E-state index in [0.29, 0.717) is 10.6 Å². The summed E-state index contributed by atoms with van der Waals surface area (Å²) >= 11 is 11.7. The number of aliphatic carboxylic acids is 1. The fourth-order valence-electron chi connectivity index (χ4n) is 1.96. The maximum Gasteiger partial charge on any atom is 0.317 e. The minimum atomic E-state index is -0.939. The van der Waals surface area contributed by atoms with Crippen LogP contribution in [-0.2, 0) is 4.79 Å². The highest BCUT2D eigenvalue weighted by Gasteiger charge is 2.24. The Kier molecular flexibility index (Phi) is 5.59. The second kappa shape index (κ2) is 6.55. The molecule has 1 rings (SSSR count). The summed E-state index contributed by atoms with van der Waals surface area (Å²) in [6.45, 7) is 5.40. The summed E-state index contributed by atoms with van der Waals surface area (Å²) in [6, 6.07) is 2.26. The molecule has 0 aromatic heterocycles. The number of nitrogens with zero attached hydrogens (tertiary/aromatic N) is 1. The maximum absolute atomic E-state index is 13.5. The van der Waals surface area contributed by atoms with Crippen molar-refractivity contribution in [3.8, 4) is 0 Å². The van der Waals surface area contributed by atoms with E-state index in [1.807, 2.05) is 13.8 Å². The lowest BCUT2D eigenvalue weighted by molar-refractivity contribution is -0.139. The smallest absolute Gasteiger partial charge is 0.317 e. The molecule has 1 aromatic carbocycles. The summed E-state index contributed by atoms with van der Waals surface area (Å²) in [7, 11) is 0. The first-order valence-electron chi connectivity index (χ1n) is 5.86. The van der Waals surface area contributed by atoms with Gasteiger partial charge >= 0.3 is 5.97 Å². The Labute approximate surface area is 121 Å². The minimum Gasteiger partial charge on any atom is -0.480 e. The minimum absolute atomic E-state index is 0.0131. The Hall–Kier alpha value is -0.840. The quantitative estimate of drug-likeness (QED) is 0.836. The summed E-state index contributed by atoms with van der Waals surface area (Å²) in [5.74, 6) is -1.50. The average Bonchev–Trinajstić information content (AvgIpc) is 2.29. The van der Waals surface area contributed by atoms with Gasteiger partial charge in [0.25, 0.3) is 0 Å². The van der Waals surface area contributed by atoms with Crippen LogP contribution in [0.5, 0.6) is 0 Å². The van der Waals surface area contributed by atoms with Gasteiger partial charge in [-0.25, -0.2) is 4.39 Å². The molecule has 0 aliphatic heterocycles. The zero-order valence-electron chi connectivity index (χ0n) is 11.0. The number of carboxylic acids is 1. The van der Waals surface area contributed by atoms with E-state index in [1.54, 1.807) is 11.8 Å². The number of hydrogen-bond acceptors (Lipinski definition) is 2. The zero-order chi connectivity index (χ0) is 14.7. The first kappa shape index (κ1) is 16.2. The van der Waals surface area contributed by atoms with Gasteiger partial charge in [0.15, 0.2) is 0 Å². The molecule has 0 heterocycles. The van der Waals surface area contributed by atoms with Gasteiger partial charge in [-0.2, -0.15) is 0 Å². The molecule has 1 unspecified atom stereocenters. The van der Waals surface area contributed by atoms with Crippen molar-refractivity contribution in [1.82, 2.24) is 4.90 Å². The van der Waals surface area contributed by atoms with E-state index in [9.17, 15) is 9.18 Å². The lowest BCUT2D eigenvalue weighted by Crippen LogP contribution is -2.37. The summed E-state index contributed by atoms with van der Waals surface area (Å²) < 4.78 is 13.5. The van der Waals surface area contributed by atoms with Gasteiger partial charge in [0, 0.05) is 17.1 Å². The molecule has 0 aliphatic rings. The third-order valence-electron chi connectivity index (χ3n) is 2.97. The number of carbonyl (C=O) groups is 1. The van der Waals surface area contributed by atoms with Crippen LogP contribution >= 0.6 is 23.2 Å². The molecule has 0 saturated carbocycles. The number of rotatable bonds is 5. The van der Waals surface area contributed by atoms with E-state index >= 15 is 0 Å². The lowest BCUT2D eigenvalue weighted by atomic mass is 10.0. The van der Waals surface area contributed by atoms with Gasteiger partial charge in [-0.3, -0.25) is 9.69 Å². The fraction of sp³-hybridized carbons (Fsp3) is 0.462. The molecule has 0 fully saturated rings. The summed E-state index contributed by atoms with van der Waals surface area (Å²) in [5.41, 5.74) is 0.526. The van der Waals surface area contributed by atoms with Crippen LogP contribution in [-0.4, -0.2) is 28.6 Å². The number of carboxylic acid groups (broad SMARTS) is 1. The Morgan fingerprint density at radius 2 is 1.89 bits per heavy atom. The largest absolute Gasteiger partial charge is 0.480 e. The first-order chi connectivity index (χ1) is 8.73. The monoisotopic (exact) mass is 307 g/mol. The predicted molar refractivity (Wildman–Crippen MR) is 74.3 cm³/mol. The van der Waals surface area contributed by atoms with Gasteiger partial charge in [-0.15, -0.1) is 0 Å². The van der Waals surface area contributed by atoms with Crippen molar-refractivity contribution < 1.29 is 14.3 Å². The molecule has 0 amide bonds. The SMILES string of the molecule is CC(C)N(CC(=O)O)C(C)c1cc(F)c(Cl)cc1Cl. The van der Waals surface area contributed by atoms with E-state index in [-0.39, 0.29) is 23.7 Å². The molecule has 1 atom stereocenters. The Morgan fingerprint density at radius 3 is 2.37 bits per heavy atom. The average molecular weight is 308 g/mol. The number of benzene rings is 1. The van der Waals surface area contributed by atoms with Crippen molar-refractivity contribution in [2.45, 2.75) is 32.9 Å². The van der Waals surface area contributed by atoms with Crippen LogP contribution in [0.25, 0.3) is 0 Å². The van der Waals surface area contributed by atoms with Crippen molar-refractivity contribution in [3.63, 3.8) is 0 Å². The number of halogens is 3. The molecule has 3 nitrogen and oxygen atoms in total. The van der Waals surface area contributed by atoms with Crippen LogP contribution in [0.1, 0.15) is 32.4 Å². The molecule has 1 aromatic rings. The lowest BCUT2D eigenvalue weighted by Gasteiger charge is -2.32. The van der Waals surface area contributed by atoms with E-state index in [0.717, 1.165) is 0 Å². The normalized spacial score (nSPS) is 13.1. The molecular formula is C13H16Cl2FNO2. The van der Waals surface area contributed by atoms with Gasteiger partial charge in [0.05, 0.1) is 11.6 Å². The highest BCUT2D eigenvalue weighted by atomic mass is 35.5. The highest BCUT2D eigenvalue weighted by molar-refractivity contribution is 6.35. The van der Waals surface area contributed by atoms with Crippen LogP contribution in [0, 0.1) is 5.82 Å². The van der Waals surface area contributed by atoms with Crippen LogP contribution in [0.3, 0.4) is 0 Å². The van der Waals surface area contributed by atoms with Gasteiger partial charge < -0.3 is 5.11 Å². The van der Waals surface area contributed by atoms with Crippen molar-refractivity contribution in [3.05, 3.63) is 33.6 Å². The molecule has 6 heteroatoms. The molecule has 106 valence electrons. The second-order valence-corrected chi connectivity index (χ2v) is 5.44. The van der Waals surface area contributed by atoms with Crippen molar-refractivity contribution in [1.29, 1.82) is 0 Å². The van der Waals surface area contributed by atoms with Crippen molar-refractivity contribution in [2.24, 2.45) is 0 Å². The van der Waals surface area contributed by atoms with Crippen LogP contribution in [0.2, 0.25) is 10.0 Å². The second-order valence-electron chi connectivity index (χ2n) is 4.62. The third-order valence-corrected chi connectivity index (χ3v) is 3.59. The molecule has 0 radical (unpaired) electrons. The molecule has 1 N–H and O–H groups in total. The van der Waals surface area contributed by atoms with Crippen molar-refractivity contribution >= 4 is 29.2 Å². The highest BCUT2D eigenvalue weighted by Crippen LogP contribution is 2.32. The molecular weight excluding hydrogens is 292 g/mol. The van der Waals surface area contributed by atoms with Crippen molar-refractivity contribution in [2.75, 3.05) is 6.54 Å². The standard InChI is InChI=1S/C13H16Cl2FNO2/c1-7(2)17(6-13(18)19)8(3)9-4-12(16)11(15)5-10(9)14/h4-5,7-8H,6H2,1-3H3,(H,18,19).